The van der Waals surface area contributed by atoms with Crippen LogP contribution in [0, 0.1) is 0 Å². The van der Waals surface area contributed by atoms with Crippen LogP contribution >= 0.6 is 34.9 Å². The van der Waals surface area contributed by atoms with Gasteiger partial charge in [-0.15, -0.1) is 0 Å². The first-order valence-corrected chi connectivity index (χ1v) is 17.3. The molecule has 2 heterocycles. The Labute approximate surface area is 96.8 Å². The molecule has 0 N–H and O–H groups in total. The molecule has 0 atom stereocenters. The van der Waals surface area contributed by atoms with Crippen molar-refractivity contribution >= 4 is 56.1 Å². The molecule has 1 aliphatic heterocycles. The van der Waals surface area contributed by atoms with Gasteiger partial charge in [0.15, 0.2) is 0 Å². The fourth-order valence-electron chi connectivity index (χ4n) is 1.38. The van der Waals surface area contributed by atoms with Crippen LogP contribution in [0.3, 0.4) is 0 Å². The van der Waals surface area contributed by atoms with Crippen molar-refractivity contribution in [1.82, 2.24) is 0 Å². The topological polar surface area (TPSA) is 0 Å². The van der Waals surface area contributed by atoms with Crippen molar-refractivity contribution < 1.29 is 0 Å². The van der Waals surface area contributed by atoms with E-state index in [0.717, 1.165) is 0 Å². The maximum absolute atomic E-state index is 2.51. The predicted molar refractivity (Wildman–Crippen MR) is 68.7 cm³/mol. The van der Waals surface area contributed by atoms with Gasteiger partial charge >= 0.3 is 97.6 Å². The van der Waals surface area contributed by atoms with Crippen molar-refractivity contribution in [2.75, 3.05) is 11.5 Å². The van der Waals surface area contributed by atoms with Gasteiger partial charge in [-0.1, -0.05) is 0 Å². The van der Waals surface area contributed by atoms with Crippen molar-refractivity contribution in [2.24, 2.45) is 0 Å². The SMILES string of the molecule is [CH3][Sn]([CH3])([CH3])[c]1scc2c1SCCS2. The number of thioether (sulfide) groups is 2. The van der Waals surface area contributed by atoms with Crippen LogP contribution in [0.2, 0.25) is 14.8 Å². The minimum atomic E-state index is -1.79. The second-order valence-electron chi connectivity index (χ2n) is 4.21. The van der Waals surface area contributed by atoms with Crippen molar-refractivity contribution in [3.63, 3.8) is 0 Å². The van der Waals surface area contributed by atoms with E-state index in [0.29, 0.717) is 0 Å². The molecule has 0 saturated carbocycles. The third kappa shape index (κ3) is 2.24. The Morgan fingerprint density at radius 2 is 1.85 bits per heavy atom. The van der Waals surface area contributed by atoms with Gasteiger partial charge < -0.3 is 0 Å². The molecule has 1 aromatic heterocycles. The molecule has 4 heteroatoms. The molecule has 0 aromatic carbocycles. The second kappa shape index (κ2) is 3.99. The Morgan fingerprint density at radius 3 is 2.54 bits per heavy atom. The first-order valence-electron chi connectivity index (χ1n) is 4.46. The summed E-state index contributed by atoms with van der Waals surface area (Å²) in [5.74, 6) is 2.61. The van der Waals surface area contributed by atoms with Crippen LogP contribution in [0.25, 0.3) is 0 Å². The van der Waals surface area contributed by atoms with Crippen molar-refractivity contribution in [1.29, 1.82) is 0 Å². The van der Waals surface area contributed by atoms with Crippen LogP contribution in [0.5, 0.6) is 0 Å². The molecule has 0 unspecified atom stereocenters. The van der Waals surface area contributed by atoms with Gasteiger partial charge in [-0.25, -0.2) is 0 Å². The molecule has 1 aromatic rings. The van der Waals surface area contributed by atoms with Crippen LogP contribution in [0.4, 0.5) is 0 Å². The zero-order valence-electron chi connectivity index (χ0n) is 8.22. The quantitative estimate of drug-likeness (QED) is 0.720. The zero-order chi connectivity index (χ0) is 9.47. The number of fused-ring (bicyclic) bond motifs is 1. The van der Waals surface area contributed by atoms with Gasteiger partial charge in [-0.05, 0) is 0 Å². The van der Waals surface area contributed by atoms with Crippen LogP contribution in [0.15, 0.2) is 15.2 Å². The summed E-state index contributed by atoms with van der Waals surface area (Å²) in [5, 5.41) is 2.38. The standard InChI is InChI=1S/C6H5S3.3CH3.Sn/c1-2-9-6-4-7-3-5(6)8-1;;;;/h3H,1-2H2;3*1H3;. The average molecular weight is 337 g/mol. The number of hydrogen-bond donors (Lipinski definition) is 0. The predicted octanol–water partition coefficient (Wildman–Crippen LogP) is 3.49. The third-order valence-electron chi connectivity index (χ3n) is 1.98. The summed E-state index contributed by atoms with van der Waals surface area (Å²) < 4.78 is 1.78. The molecule has 0 fully saturated rings. The molecule has 0 aliphatic carbocycles. The molecular formula is C9H14S3Sn. The van der Waals surface area contributed by atoms with Gasteiger partial charge in [0.2, 0.25) is 0 Å². The third-order valence-corrected chi connectivity index (χ3v) is 15.8. The first kappa shape index (κ1) is 10.7. The van der Waals surface area contributed by atoms with Crippen molar-refractivity contribution in [3.05, 3.63) is 5.38 Å². The molecule has 2 rings (SSSR count). The molecule has 0 bridgehead atoms. The van der Waals surface area contributed by atoms with Gasteiger partial charge in [0.1, 0.15) is 0 Å². The van der Waals surface area contributed by atoms with E-state index in [1.54, 1.807) is 12.7 Å². The normalized spacial score (nSPS) is 17.2. The summed E-state index contributed by atoms with van der Waals surface area (Å²) in [5.41, 5.74) is 0. The fourth-order valence-corrected chi connectivity index (χ4v) is 14.0. The first-order chi connectivity index (χ1) is 6.09. The fraction of sp³-hybridized carbons (Fsp3) is 0.556. The van der Waals surface area contributed by atoms with E-state index in [4.69, 9.17) is 0 Å². The van der Waals surface area contributed by atoms with E-state index < -0.39 is 18.4 Å². The number of rotatable bonds is 1. The van der Waals surface area contributed by atoms with Gasteiger partial charge in [-0.3, -0.25) is 0 Å². The average Bonchev–Trinajstić information content (AvgIpc) is 2.45. The second-order valence-corrected chi connectivity index (χ2v) is 22.6. The minimum absolute atomic E-state index is 1.30. The van der Waals surface area contributed by atoms with E-state index in [1.807, 2.05) is 23.1 Å². The Bertz CT molecular complexity index is 311. The summed E-state index contributed by atoms with van der Waals surface area (Å²) in [7, 11) is 0. The van der Waals surface area contributed by atoms with Gasteiger partial charge in [0, 0.05) is 0 Å². The van der Waals surface area contributed by atoms with Crippen LogP contribution < -0.4 is 2.89 Å². The Hall–Kier alpha value is 1.20. The molecule has 0 spiro atoms. The molecule has 1 aliphatic rings. The molecule has 0 radical (unpaired) electrons. The molecular weight excluding hydrogens is 323 g/mol. The summed E-state index contributed by atoms with van der Waals surface area (Å²) in [6.07, 6.45) is 0. The molecule has 72 valence electrons. The van der Waals surface area contributed by atoms with E-state index in [-0.39, 0.29) is 0 Å². The van der Waals surface area contributed by atoms with Gasteiger partial charge in [-0.2, -0.15) is 0 Å². The van der Waals surface area contributed by atoms with Crippen molar-refractivity contribution in [2.45, 2.75) is 24.6 Å². The Morgan fingerprint density at radius 1 is 1.15 bits per heavy atom. The van der Waals surface area contributed by atoms with E-state index >= 15 is 0 Å². The monoisotopic (exact) mass is 338 g/mol. The van der Waals surface area contributed by atoms with E-state index in [1.165, 1.54) is 11.5 Å². The van der Waals surface area contributed by atoms with E-state index in [9.17, 15) is 0 Å². The molecule has 0 nitrogen and oxygen atoms in total. The van der Waals surface area contributed by atoms with Crippen LogP contribution in [0.1, 0.15) is 0 Å². The summed E-state index contributed by atoms with van der Waals surface area (Å²) in [6, 6.07) is 0. The Balaban J connectivity index is 2.43. The van der Waals surface area contributed by atoms with Crippen molar-refractivity contribution in [3.8, 4) is 0 Å². The van der Waals surface area contributed by atoms with Crippen LogP contribution in [-0.2, 0) is 0 Å². The van der Waals surface area contributed by atoms with E-state index in [2.05, 4.69) is 32.0 Å². The molecule has 0 amide bonds. The summed E-state index contributed by atoms with van der Waals surface area (Å²) in [6.45, 7) is 0. The van der Waals surface area contributed by atoms with Gasteiger partial charge in [0.25, 0.3) is 0 Å². The summed E-state index contributed by atoms with van der Waals surface area (Å²) >= 11 is 4.37. The zero-order valence-corrected chi connectivity index (χ0v) is 13.5. The molecule has 0 saturated heterocycles. The van der Waals surface area contributed by atoms with Crippen LogP contribution in [-0.4, -0.2) is 29.9 Å². The summed E-state index contributed by atoms with van der Waals surface area (Å²) in [4.78, 5) is 10.8. The Kier molecular flexibility index (Phi) is 3.28. The van der Waals surface area contributed by atoms with Gasteiger partial charge in [0.05, 0.1) is 0 Å². The number of thiophene rings is 1. The number of hydrogen-bond acceptors (Lipinski definition) is 3. The maximum atomic E-state index is 2.51. The molecule has 13 heavy (non-hydrogen) atoms.